The fourth-order valence-corrected chi connectivity index (χ4v) is 3.99. The third-order valence-electron chi connectivity index (χ3n) is 4.12. The van der Waals surface area contributed by atoms with Crippen molar-refractivity contribution in [1.29, 1.82) is 0 Å². The van der Waals surface area contributed by atoms with E-state index >= 15 is 0 Å². The Morgan fingerprint density at radius 2 is 1.57 bits per heavy atom. The number of sulfonamides is 1. The van der Waals surface area contributed by atoms with E-state index < -0.39 is 10.0 Å². The number of anilines is 1. The number of para-hydroxylation sites is 1. The lowest BCUT2D eigenvalue weighted by molar-refractivity contribution is 0.307. The summed E-state index contributed by atoms with van der Waals surface area (Å²) < 4.78 is 34.3. The summed E-state index contributed by atoms with van der Waals surface area (Å²) >= 11 is 0. The van der Waals surface area contributed by atoms with Crippen LogP contribution < -0.4 is 9.46 Å². The Kier molecular flexibility index (Phi) is 4.90. The highest BCUT2D eigenvalue weighted by Crippen LogP contribution is 2.27. The van der Waals surface area contributed by atoms with Crippen LogP contribution >= 0.6 is 0 Å². The average molecular weight is 391 g/mol. The molecule has 0 aliphatic rings. The van der Waals surface area contributed by atoms with Gasteiger partial charge in [-0.3, -0.25) is 9.71 Å². The molecule has 0 aliphatic heterocycles. The lowest BCUT2D eigenvalue weighted by Crippen LogP contribution is -2.15. The highest BCUT2D eigenvalue weighted by Gasteiger charge is 2.20. The first-order chi connectivity index (χ1) is 13.6. The monoisotopic (exact) mass is 391 g/mol. The van der Waals surface area contributed by atoms with Crippen LogP contribution in [0.1, 0.15) is 5.56 Å². The number of pyridine rings is 2. The third-order valence-corrected chi connectivity index (χ3v) is 5.49. The summed E-state index contributed by atoms with van der Waals surface area (Å²) in [7, 11) is -3.90. The minimum Gasteiger partial charge on any atom is -0.485 e. The van der Waals surface area contributed by atoms with Crippen LogP contribution in [0.25, 0.3) is 10.9 Å². The van der Waals surface area contributed by atoms with Crippen molar-refractivity contribution in [3.05, 3.63) is 90.8 Å². The molecule has 0 saturated carbocycles. The Balaban J connectivity index is 1.63. The van der Waals surface area contributed by atoms with Gasteiger partial charge < -0.3 is 4.74 Å². The first-order valence-electron chi connectivity index (χ1n) is 8.62. The largest absolute Gasteiger partial charge is 0.485 e. The van der Waals surface area contributed by atoms with Gasteiger partial charge in [0.15, 0.2) is 11.6 Å². The zero-order chi connectivity index (χ0) is 19.4. The topological polar surface area (TPSA) is 81.2 Å². The van der Waals surface area contributed by atoms with E-state index in [4.69, 9.17) is 4.74 Å². The molecule has 2 aromatic carbocycles. The Labute approximate surface area is 162 Å². The first-order valence-corrected chi connectivity index (χ1v) is 10.1. The molecule has 0 aliphatic carbocycles. The molecule has 0 amide bonds. The SMILES string of the molecule is O=S(=O)(Nc1ncccc1OCc1ccccc1)c1cccc2cccnc12. The Morgan fingerprint density at radius 3 is 2.43 bits per heavy atom. The summed E-state index contributed by atoms with van der Waals surface area (Å²) in [6.07, 6.45) is 3.07. The molecular weight excluding hydrogens is 374 g/mol. The summed E-state index contributed by atoms with van der Waals surface area (Å²) in [4.78, 5) is 8.45. The van der Waals surface area contributed by atoms with Gasteiger partial charge in [-0.1, -0.05) is 48.5 Å². The minimum absolute atomic E-state index is 0.0882. The second-order valence-electron chi connectivity index (χ2n) is 6.06. The van der Waals surface area contributed by atoms with Crippen LogP contribution in [-0.2, 0) is 16.6 Å². The van der Waals surface area contributed by atoms with Crippen LogP contribution in [0, 0.1) is 0 Å². The Hall–Kier alpha value is -3.45. The van der Waals surface area contributed by atoms with Crippen LogP contribution in [0.5, 0.6) is 5.75 Å². The molecule has 2 aromatic heterocycles. The van der Waals surface area contributed by atoms with Crippen molar-refractivity contribution in [2.45, 2.75) is 11.5 Å². The number of ether oxygens (including phenoxy) is 1. The van der Waals surface area contributed by atoms with E-state index in [0.29, 0.717) is 17.9 Å². The van der Waals surface area contributed by atoms with E-state index in [1.807, 2.05) is 42.5 Å². The number of rotatable bonds is 6. The van der Waals surface area contributed by atoms with Gasteiger partial charge in [0.05, 0.1) is 5.52 Å². The van der Waals surface area contributed by atoms with Crippen molar-refractivity contribution in [3.8, 4) is 5.75 Å². The fourth-order valence-electron chi connectivity index (χ4n) is 2.79. The number of aromatic nitrogens is 2. The lowest BCUT2D eigenvalue weighted by atomic mass is 10.2. The second-order valence-corrected chi connectivity index (χ2v) is 7.71. The van der Waals surface area contributed by atoms with Crippen molar-refractivity contribution in [2.75, 3.05) is 4.72 Å². The summed E-state index contributed by atoms with van der Waals surface area (Å²) in [5.74, 6) is 0.481. The lowest BCUT2D eigenvalue weighted by Gasteiger charge is -2.13. The summed E-state index contributed by atoms with van der Waals surface area (Å²) in [6.45, 7) is 0.303. The molecule has 0 radical (unpaired) electrons. The van der Waals surface area contributed by atoms with Gasteiger partial charge in [0, 0.05) is 17.8 Å². The quantitative estimate of drug-likeness (QED) is 0.537. The molecule has 0 unspecified atom stereocenters. The maximum Gasteiger partial charge on any atom is 0.265 e. The van der Waals surface area contributed by atoms with E-state index in [0.717, 1.165) is 10.9 Å². The van der Waals surface area contributed by atoms with E-state index in [9.17, 15) is 8.42 Å². The molecule has 4 rings (SSSR count). The van der Waals surface area contributed by atoms with Crippen LogP contribution in [0.3, 0.4) is 0 Å². The van der Waals surface area contributed by atoms with Gasteiger partial charge in [0.1, 0.15) is 11.5 Å². The van der Waals surface area contributed by atoms with Crippen molar-refractivity contribution in [1.82, 2.24) is 9.97 Å². The highest BCUT2D eigenvalue weighted by molar-refractivity contribution is 7.93. The van der Waals surface area contributed by atoms with Crippen molar-refractivity contribution < 1.29 is 13.2 Å². The Bertz CT molecular complexity index is 1210. The van der Waals surface area contributed by atoms with Gasteiger partial charge in [-0.15, -0.1) is 0 Å². The molecule has 4 aromatic rings. The second kappa shape index (κ2) is 7.66. The van der Waals surface area contributed by atoms with Crippen molar-refractivity contribution in [2.24, 2.45) is 0 Å². The van der Waals surface area contributed by atoms with Crippen LogP contribution in [0.2, 0.25) is 0 Å². The molecule has 7 heteroatoms. The van der Waals surface area contributed by atoms with E-state index in [-0.39, 0.29) is 10.7 Å². The predicted octanol–water partition coefficient (Wildman–Crippen LogP) is 4.01. The minimum atomic E-state index is -3.90. The molecule has 2 heterocycles. The van der Waals surface area contributed by atoms with E-state index in [1.165, 1.54) is 12.3 Å². The molecule has 0 bridgehead atoms. The van der Waals surface area contributed by atoms with Gasteiger partial charge in [-0.05, 0) is 29.8 Å². The molecule has 0 atom stereocenters. The standard InChI is InChI=1S/C21H17N3O3S/c25-28(26,19-12-4-9-17-10-5-13-22-20(17)19)24-21-18(11-6-14-23-21)27-15-16-7-2-1-3-8-16/h1-14H,15H2,(H,23,24). The number of nitrogens with one attached hydrogen (secondary N) is 1. The molecule has 1 N–H and O–H groups in total. The molecule has 140 valence electrons. The predicted molar refractivity (Wildman–Crippen MR) is 108 cm³/mol. The molecule has 6 nitrogen and oxygen atoms in total. The summed E-state index contributed by atoms with van der Waals surface area (Å²) in [6, 6.07) is 21.6. The van der Waals surface area contributed by atoms with E-state index in [1.54, 1.807) is 30.5 Å². The maximum atomic E-state index is 13.0. The number of hydrogen-bond acceptors (Lipinski definition) is 5. The molecule has 28 heavy (non-hydrogen) atoms. The van der Waals surface area contributed by atoms with Crippen LogP contribution in [0.4, 0.5) is 5.82 Å². The fraction of sp³-hybridized carbons (Fsp3) is 0.0476. The van der Waals surface area contributed by atoms with E-state index in [2.05, 4.69) is 14.7 Å². The Morgan fingerprint density at radius 1 is 0.821 bits per heavy atom. The smallest absolute Gasteiger partial charge is 0.265 e. The zero-order valence-electron chi connectivity index (χ0n) is 14.8. The third kappa shape index (κ3) is 3.79. The number of nitrogens with zero attached hydrogens (tertiary/aromatic N) is 2. The van der Waals surface area contributed by atoms with Crippen LogP contribution in [0.15, 0.2) is 90.1 Å². The highest BCUT2D eigenvalue weighted by atomic mass is 32.2. The van der Waals surface area contributed by atoms with Gasteiger partial charge in [0.25, 0.3) is 10.0 Å². The maximum absolute atomic E-state index is 13.0. The van der Waals surface area contributed by atoms with Gasteiger partial charge >= 0.3 is 0 Å². The van der Waals surface area contributed by atoms with Crippen molar-refractivity contribution >= 4 is 26.7 Å². The summed E-state index contributed by atoms with van der Waals surface area (Å²) in [5.41, 5.74) is 1.37. The zero-order valence-corrected chi connectivity index (χ0v) is 15.6. The summed E-state index contributed by atoms with van der Waals surface area (Å²) in [5, 5.41) is 0.743. The van der Waals surface area contributed by atoms with Crippen LogP contribution in [-0.4, -0.2) is 18.4 Å². The van der Waals surface area contributed by atoms with Crippen molar-refractivity contribution in [3.63, 3.8) is 0 Å². The molecule has 0 fully saturated rings. The number of hydrogen-bond donors (Lipinski definition) is 1. The average Bonchev–Trinajstić information content (AvgIpc) is 2.73. The van der Waals surface area contributed by atoms with Gasteiger partial charge in [0.2, 0.25) is 0 Å². The normalized spacial score (nSPS) is 11.3. The molecular formula is C21H17N3O3S. The molecule has 0 spiro atoms. The number of benzene rings is 2. The van der Waals surface area contributed by atoms with Gasteiger partial charge in [-0.25, -0.2) is 13.4 Å². The van der Waals surface area contributed by atoms with Gasteiger partial charge in [-0.2, -0.15) is 0 Å². The molecule has 0 saturated heterocycles. The number of fused-ring (bicyclic) bond motifs is 1. The first kappa shape index (κ1) is 17.9.